The van der Waals surface area contributed by atoms with Gasteiger partial charge in [-0.05, 0) is 86.8 Å². The number of nitrogens with two attached hydrogens (primary N) is 3. The van der Waals surface area contributed by atoms with Gasteiger partial charge >= 0.3 is 11.9 Å². The monoisotopic (exact) mass is 1220 g/mol. The molecule has 85 heavy (non-hydrogen) atoms. The number of thioether (sulfide) groups is 1. The molecule has 472 valence electrons. The molecule has 2 aromatic carbocycles. The number of rotatable bonds is 40. The molecular formula is C54H82N12O18S. The molecule has 0 heterocycles. The number of carbonyl (C=O) groups is 12. The second-order valence-electron chi connectivity index (χ2n) is 20.1. The lowest BCUT2D eigenvalue weighted by Gasteiger charge is -2.29. The Morgan fingerprint density at radius 2 is 0.976 bits per heavy atom. The number of nitrogens with one attached hydrogen (secondary N) is 9. The van der Waals surface area contributed by atoms with E-state index in [-0.39, 0.29) is 50.2 Å². The van der Waals surface area contributed by atoms with Crippen LogP contribution in [0.2, 0.25) is 0 Å². The molecule has 0 aliphatic carbocycles. The zero-order chi connectivity index (χ0) is 63.9. The molecule has 21 N–H and O–H groups in total. The number of carboxylic acids is 2. The number of primary amides is 1. The maximum absolute atomic E-state index is 14.7. The molecule has 0 aliphatic heterocycles. The Morgan fingerprint density at radius 3 is 1.45 bits per heavy atom. The SMILES string of the molecule is CC[C@H](C)[C@H](NC(=O)[C@@H](N)CC(=O)O)C(=O)N[C@@H](CO)C(=O)N[C@H](C(=O)N[C@@H](CCCCN)C(=O)N[C@@H](Cc1ccc(O)cc1)C(=O)N[C@@H](Cc1ccccc1)C(=O)N[C@@H](CCC(N)=O)C(=O)N[C@@H](CCSC)C(=O)N[C@@H](CO)C(=O)O)[C@@H](C)O. The molecule has 30 nitrogen and oxygen atoms in total. The molecule has 12 atom stereocenters. The van der Waals surface area contributed by atoms with Crippen LogP contribution in [0.1, 0.15) is 83.3 Å². The number of phenols is 1. The molecule has 0 bridgehead atoms. The third-order valence-corrected chi connectivity index (χ3v) is 13.9. The Morgan fingerprint density at radius 1 is 0.541 bits per heavy atom. The van der Waals surface area contributed by atoms with Crippen molar-refractivity contribution in [2.45, 2.75) is 152 Å². The third-order valence-electron chi connectivity index (χ3n) is 13.3. The molecule has 2 aromatic rings. The zero-order valence-electron chi connectivity index (χ0n) is 47.7. The van der Waals surface area contributed by atoms with Crippen molar-refractivity contribution in [3.8, 4) is 5.75 Å². The first-order chi connectivity index (χ1) is 40.2. The topological polar surface area (TPSA) is 513 Å². The van der Waals surface area contributed by atoms with Gasteiger partial charge in [-0.25, -0.2) is 4.79 Å². The molecule has 0 aliphatic rings. The zero-order valence-corrected chi connectivity index (χ0v) is 48.6. The van der Waals surface area contributed by atoms with Crippen LogP contribution in [-0.4, -0.2) is 200 Å². The maximum atomic E-state index is 14.7. The van der Waals surface area contributed by atoms with E-state index >= 15 is 0 Å². The fraction of sp³-hybridized carbons (Fsp3) is 0.556. The summed E-state index contributed by atoms with van der Waals surface area (Å²) in [4.78, 5) is 160. The quantitative estimate of drug-likeness (QED) is 0.0278. The van der Waals surface area contributed by atoms with Gasteiger partial charge < -0.3 is 95.7 Å². The van der Waals surface area contributed by atoms with E-state index in [1.807, 2.05) is 0 Å². The standard InChI is InChI=1S/C54H82N12O18S/c1-5-28(2)43(65-45(74)33(56)25-42(72)73)52(81)63-39(26-67)51(80)66-44(29(3)69)53(82)60-34(13-9-10-21-55)46(75)61-38(24-31-14-16-32(70)17-15-31)50(79)62-37(23-30-11-7-6-8-12-30)49(78)58-35(18-19-41(57)71)47(76)59-36(20-22-85-4)48(77)64-40(27-68)54(83)84/h6-8,11-12,14-17,28-29,33-40,43-44,67-70H,5,9-10,13,18-27,55-56H2,1-4H3,(H2,57,71)(H,58,78)(H,59,76)(H,60,82)(H,61,75)(H,62,79)(H,63,81)(H,64,77)(H,65,74)(H,66,80)(H,72,73)(H,83,84)/t28-,29+,33-,34-,35-,36-,37-,38-,39-,40-,43-,44-/m0/s1. The Kier molecular flexibility index (Phi) is 32.8. The van der Waals surface area contributed by atoms with Crippen molar-refractivity contribution in [1.82, 2.24) is 47.9 Å². The highest BCUT2D eigenvalue weighted by atomic mass is 32.2. The first kappa shape index (κ1) is 73.1. The highest BCUT2D eigenvalue weighted by Crippen LogP contribution is 2.15. The average Bonchev–Trinajstić information content (AvgIpc) is 3.67. The van der Waals surface area contributed by atoms with E-state index in [1.54, 1.807) is 50.4 Å². The molecule has 0 spiro atoms. The van der Waals surface area contributed by atoms with E-state index < -0.39 is 176 Å². The van der Waals surface area contributed by atoms with E-state index in [0.29, 0.717) is 24.0 Å². The second kappa shape index (κ2) is 38.1. The van der Waals surface area contributed by atoms with E-state index in [2.05, 4.69) is 47.9 Å². The highest BCUT2D eigenvalue weighted by molar-refractivity contribution is 7.98. The minimum absolute atomic E-state index is 0.0452. The summed E-state index contributed by atoms with van der Waals surface area (Å²) < 4.78 is 0. The number of carboxylic acid groups (broad SMARTS) is 2. The van der Waals surface area contributed by atoms with Crippen molar-refractivity contribution in [2.75, 3.05) is 31.8 Å². The fourth-order valence-electron chi connectivity index (χ4n) is 8.12. The molecule has 0 fully saturated rings. The molecule has 2 rings (SSSR count). The van der Waals surface area contributed by atoms with E-state index in [4.69, 9.17) is 22.3 Å². The van der Waals surface area contributed by atoms with E-state index in [9.17, 15) is 83.1 Å². The lowest BCUT2D eigenvalue weighted by molar-refractivity contribution is -0.143. The summed E-state index contributed by atoms with van der Waals surface area (Å²) in [6.07, 6.45) is -1.60. The molecule has 0 saturated heterocycles. The van der Waals surface area contributed by atoms with Gasteiger partial charge in [-0.1, -0.05) is 62.7 Å². The van der Waals surface area contributed by atoms with Crippen molar-refractivity contribution in [3.05, 3.63) is 65.7 Å². The van der Waals surface area contributed by atoms with Gasteiger partial charge in [-0.3, -0.25) is 52.7 Å². The lowest BCUT2D eigenvalue weighted by Crippen LogP contribution is -2.63. The van der Waals surface area contributed by atoms with E-state index in [1.165, 1.54) is 36.0 Å². The summed E-state index contributed by atoms with van der Waals surface area (Å²) in [6.45, 7) is 2.46. The van der Waals surface area contributed by atoms with Gasteiger partial charge in [0.2, 0.25) is 59.1 Å². The van der Waals surface area contributed by atoms with Crippen molar-refractivity contribution < 1.29 is 88.2 Å². The van der Waals surface area contributed by atoms with Gasteiger partial charge in [0.15, 0.2) is 0 Å². The van der Waals surface area contributed by atoms with Crippen molar-refractivity contribution in [3.63, 3.8) is 0 Å². The number of hydrogen-bond donors (Lipinski definition) is 18. The van der Waals surface area contributed by atoms with Crippen LogP contribution in [0.3, 0.4) is 0 Å². The normalized spacial score (nSPS) is 15.3. The first-order valence-electron chi connectivity index (χ1n) is 27.3. The number of aliphatic hydroxyl groups is 3. The Labute approximate surface area is 495 Å². The summed E-state index contributed by atoms with van der Waals surface area (Å²) in [5, 5.41) is 80.8. The van der Waals surface area contributed by atoms with Crippen LogP contribution in [0.4, 0.5) is 0 Å². The average molecular weight is 1220 g/mol. The molecule has 0 saturated carbocycles. The first-order valence-corrected chi connectivity index (χ1v) is 28.7. The number of aliphatic hydroxyl groups excluding tert-OH is 3. The van der Waals surface area contributed by atoms with Crippen molar-refractivity contribution >= 4 is 82.8 Å². The summed E-state index contributed by atoms with van der Waals surface area (Å²) in [7, 11) is 0. The summed E-state index contributed by atoms with van der Waals surface area (Å²) in [6, 6.07) is -2.36. The number of benzene rings is 2. The predicted molar refractivity (Wildman–Crippen MR) is 307 cm³/mol. The molecule has 31 heteroatoms. The number of hydrogen-bond acceptors (Lipinski definition) is 19. The molecule has 0 radical (unpaired) electrons. The van der Waals surface area contributed by atoms with Crippen molar-refractivity contribution in [1.29, 1.82) is 0 Å². The number of carbonyl (C=O) groups excluding carboxylic acids is 10. The minimum Gasteiger partial charge on any atom is -0.508 e. The van der Waals surface area contributed by atoms with E-state index in [0.717, 1.165) is 6.92 Å². The summed E-state index contributed by atoms with van der Waals surface area (Å²) in [5.41, 5.74) is 17.7. The number of amides is 10. The Bertz CT molecular complexity index is 2570. The van der Waals surface area contributed by atoms with Crippen LogP contribution in [0.15, 0.2) is 54.6 Å². The van der Waals surface area contributed by atoms with Gasteiger partial charge in [0.05, 0.1) is 31.8 Å². The maximum Gasteiger partial charge on any atom is 0.328 e. The lowest BCUT2D eigenvalue weighted by atomic mass is 9.97. The molecule has 0 aromatic heterocycles. The van der Waals surface area contributed by atoms with Crippen LogP contribution in [-0.2, 0) is 70.4 Å². The van der Waals surface area contributed by atoms with Gasteiger partial charge in [0, 0.05) is 19.3 Å². The summed E-state index contributed by atoms with van der Waals surface area (Å²) >= 11 is 1.29. The van der Waals surface area contributed by atoms with Gasteiger partial charge in [0.25, 0.3) is 0 Å². The number of aromatic hydroxyl groups is 1. The van der Waals surface area contributed by atoms with Crippen LogP contribution in [0, 0.1) is 5.92 Å². The Balaban J connectivity index is 2.57. The predicted octanol–water partition coefficient (Wildman–Crippen LogP) is -5.01. The van der Waals surface area contributed by atoms with Gasteiger partial charge in [0.1, 0.15) is 60.1 Å². The second-order valence-corrected chi connectivity index (χ2v) is 21.1. The van der Waals surface area contributed by atoms with Crippen molar-refractivity contribution in [2.24, 2.45) is 23.1 Å². The van der Waals surface area contributed by atoms with Gasteiger partial charge in [-0.2, -0.15) is 11.8 Å². The largest absolute Gasteiger partial charge is 0.508 e. The summed E-state index contributed by atoms with van der Waals surface area (Å²) in [5.74, 6) is -13.6. The molecule has 0 unspecified atom stereocenters. The van der Waals surface area contributed by atoms with Crippen LogP contribution < -0.4 is 65.1 Å². The van der Waals surface area contributed by atoms with Crippen LogP contribution in [0.5, 0.6) is 5.75 Å². The Hall–Kier alpha value is -7.97. The van der Waals surface area contributed by atoms with Crippen LogP contribution in [0.25, 0.3) is 0 Å². The van der Waals surface area contributed by atoms with Gasteiger partial charge in [-0.15, -0.1) is 0 Å². The molecule has 10 amide bonds. The number of aliphatic carboxylic acids is 2. The van der Waals surface area contributed by atoms with Crippen LogP contribution >= 0.6 is 11.8 Å². The smallest absolute Gasteiger partial charge is 0.328 e. The number of phenolic OH excluding ortho intramolecular Hbond substituents is 1. The third kappa shape index (κ3) is 26.2. The molecular weight excluding hydrogens is 1140 g/mol. The fourth-order valence-corrected chi connectivity index (χ4v) is 8.60. The number of unbranched alkanes of at least 4 members (excludes halogenated alkanes) is 1. The minimum atomic E-state index is -1.88. The highest BCUT2D eigenvalue weighted by Gasteiger charge is 2.37.